The molecule has 15 heavy (non-hydrogen) atoms. The second-order valence-electron chi connectivity index (χ2n) is 4.80. The standard InChI is InChI=1S/C13H27NS/c1-3-8-12(14)13(4-2)15-11-9-6-5-7-10-11/h11-13H,3-10,14H2,1-2H3. The summed E-state index contributed by atoms with van der Waals surface area (Å²) in [5, 5.41) is 1.61. The zero-order valence-corrected chi connectivity index (χ0v) is 11.2. The molecule has 1 rings (SSSR count). The molecule has 0 aromatic rings. The maximum Gasteiger partial charge on any atom is 0.0199 e. The first-order valence-electron chi connectivity index (χ1n) is 6.69. The predicted molar refractivity (Wildman–Crippen MR) is 71.4 cm³/mol. The summed E-state index contributed by atoms with van der Waals surface area (Å²) in [6.45, 7) is 4.52. The Morgan fingerprint density at radius 2 is 1.87 bits per heavy atom. The molecule has 0 aromatic carbocycles. The normalized spacial score (nSPS) is 22.6. The van der Waals surface area contributed by atoms with Crippen molar-refractivity contribution in [2.75, 3.05) is 0 Å². The van der Waals surface area contributed by atoms with Crippen LogP contribution in [0.1, 0.15) is 65.2 Å². The first-order chi connectivity index (χ1) is 7.27. The first-order valence-corrected chi connectivity index (χ1v) is 7.63. The molecule has 0 radical (unpaired) electrons. The molecule has 0 heterocycles. The van der Waals surface area contributed by atoms with Gasteiger partial charge in [-0.1, -0.05) is 39.5 Å². The van der Waals surface area contributed by atoms with Crippen molar-refractivity contribution in [2.24, 2.45) is 5.73 Å². The van der Waals surface area contributed by atoms with Crippen LogP contribution in [0.3, 0.4) is 0 Å². The minimum absolute atomic E-state index is 0.423. The van der Waals surface area contributed by atoms with Gasteiger partial charge in [0.15, 0.2) is 0 Å². The number of nitrogens with two attached hydrogens (primary N) is 1. The van der Waals surface area contributed by atoms with Crippen molar-refractivity contribution in [1.82, 2.24) is 0 Å². The van der Waals surface area contributed by atoms with Gasteiger partial charge in [-0.25, -0.2) is 0 Å². The van der Waals surface area contributed by atoms with Crippen molar-refractivity contribution in [3.05, 3.63) is 0 Å². The quantitative estimate of drug-likeness (QED) is 0.746. The fourth-order valence-corrected chi connectivity index (χ4v) is 4.10. The van der Waals surface area contributed by atoms with E-state index < -0.39 is 0 Å². The van der Waals surface area contributed by atoms with Crippen molar-refractivity contribution in [1.29, 1.82) is 0 Å². The highest BCUT2D eigenvalue weighted by Gasteiger charge is 2.22. The van der Waals surface area contributed by atoms with Crippen LogP contribution in [0, 0.1) is 0 Å². The third kappa shape index (κ3) is 4.78. The van der Waals surface area contributed by atoms with Crippen molar-refractivity contribution >= 4 is 11.8 Å². The lowest BCUT2D eigenvalue weighted by Crippen LogP contribution is -2.33. The number of rotatable bonds is 6. The maximum absolute atomic E-state index is 6.24. The Morgan fingerprint density at radius 3 is 2.40 bits per heavy atom. The van der Waals surface area contributed by atoms with Crippen LogP contribution in [-0.2, 0) is 0 Å². The van der Waals surface area contributed by atoms with Gasteiger partial charge in [0, 0.05) is 16.5 Å². The molecule has 1 aliphatic rings. The maximum atomic E-state index is 6.24. The Kier molecular flexibility index (Phi) is 6.74. The van der Waals surface area contributed by atoms with E-state index in [-0.39, 0.29) is 0 Å². The molecule has 2 heteroatoms. The van der Waals surface area contributed by atoms with Crippen LogP contribution in [0.2, 0.25) is 0 Å². The van der Waals surface area contributed by atoms with Crippen LogP contribution in [-0.4, -0.2) is 16.5 Å². The third-order valence-corrected chi connectivity index (χ3v) is 5.31. The summed E-state index contributed by atoms with van der Waals surface area (Å²) < 4.78 is 0. The fourth-order valence-electron chi connectivity index (χ4n) is 2.47. The number of thioether (sulfide) groups is 1. The highest BCUT2D eigenvalue weighted by molar-refractivity contribution is 8.00. The van der Waals surface area contributed by atoms with E-state index in [1.165, 1.54) is 51.4 Å². The molecular formula is C13H27NS. The zero-order chi connectivity index (χ0) is 11.1. The highest BCUT2D eigenvalue weighted by Crippen LogP contribution is 2.33. The molecule has 2 atom stereocenters. The zero-order valence-electron chi connectivity index (χ0n) is 10.4. The first kappa shape index (κ1) is 13.4. The van der Waals surface area contributed by atoms with Gasteiger partial charge in [-0.2, -0.15) is 11.8 Å². The summed E-state index contributed by atoms with van der Waals surface area (Å²) in [6, 6.07) is 0.423. The lowest BCUT2D eigenvalue weighted by molar-refractivity contribution is 0.508. The summed E-state index contributed by atoms with van der Waals surface area (Å²) in [5.74, 6) is 0. The molecule has 0 spiro atoms. The average Bonchev–Trinajstić information content (AvgIpc) is 2.27. The highest BCUT2D eigenvalue weighted by atomic mass is 32.2. The van der Waals surface area contributed by atoms with Crippen LogP contribution in [0.25, 0.3) is 0 Å². The van der Waals surface area contributed by atoms with E-state index in [4.69, 9.17) is 5.73 Å². The Hall–Kier alpha value is 0.310. The fraction of sp³-hybridized carbons (Fsp3) is 1.00. The second-order valence-corrected chi connectivity index (χ2v) is 6.34. The SMILES string of the molecule is CCCC(N)C(CC)SC1CCCCC1. The van der Waals surface area contributed by atoms with Gasteiger partial charge >= 0.3 is 0 Å². The number of hydrogen-bond acceptors (Lipinski definition) is 2. The van der Waals surface area contributed by atoms with Crippen molar-refractivity contribution in [3.8, 4) is 0 Å². The summed E-state index contributed by atoms with van der Waals surface area (Å²) >= 11 is 2.19. The molecule has 90 valence electrons. The van der Waals surface area contributed by atoms with Gasteiger partial charge < -0.3 is 5.73 Å². The monoisotopic (exact) mass is 229 g/mol. The molecule has 0 saturated heterocycles. The van der Waals surface area contributed by atoms with Gasteiger partial charge in [0.1, 0.15) is 0 Å². The molecule has 1 nitrogen and oxygen atoms in total. The van der Waals surface area contributed by atoms with Crippen molar-refractivity contribution in [3.63, 3.8) is 0 Å². The molecule has 2 unspecified atom stereocenters. The smallest absolute Gasteiger partial charge is 0.0199 e. The van der Waals surface area contributed by atoms with Gasteiger partial charge in [0.05, 0.1) is 0 Å². The van der Waals surface area contributed by atoms with E-state index in [1.807, 2.05) is 0 Å². The van der Waals surface area contributed by atoms with Crippen LogP contribution in [0.15, 0.2) is 0 Å². The van der Waals surface area contributed by atoms with E-state index >= 15 is 0 Å². The van der Waals surface area contributed by atoms with Crippen LogP contribution < -0.4 is 5.73 Å². The van der Waals surface area contributed by atoms with Crippen LogP contribution >= 0.6 is 11.8 Å². The number of hydrogen-bond donors (Lipinski definition) is 1. The summed E-state index contributed by atoms with van der Waals surface area (Å²) in [6.07, 6.45) is 10.9. The molecule has 1 aliphatic carbocycles. The van der Waals surface area contributed by atoms with Gasteiger partial charge in [-0.05, 0) is 25.7 Å². The summed E-state index contributed by atoms with van der Waals surface area (Å²) in [5.41, 5.74) is 6.24. The molecule has 0 bridgehead atoms. The molecule has 0 amide bonds. The van der Waals surface area contributed by atoms with E-state index in [9.17, 15) is 0 Å². The topological polar surface area (TPSA) is 26.0 Å². The minimum Gasteiger partial charge on any atom is -0.327 e. The van der Waals surface area contributed by atoms with E-state index in [1.54, 1.807) is 0 Å². The van der Waals surface area contributed by atoms with Crippen molar-refractivity contribution < 1.29 is 0 Å². The van der Waals surface area contributed by atoms with Gasteiger partial charge in [0.25, 0.3) is 0 Å². The van der Waals surface area contributed by atoms with E-state index in [0.29, 0.717) is 11.3 Å². The predicted octanol–water partition coefficient (Wildman–Crippen LogP) is 3.96. The van der Waals surface area contributed by atoms with Gasteiger partial charge in [-0.15, -0.1) is 0 Å². The van der Waals surface area contributed by atoms with Gasteiger partial charge in [0.2, 0.25) is 0 Å². The largest absolute Gasteiger partial charge is 0.327 e. The lowest BCUT2D eigenvalue weighted by Gasteiger charge is -2.29. The Labute approximate surface area is 99.6 Å². The van der Waals surface area contributed by atoms with Gasteiger partial charge in [-0.3, -0.25) is 0 Å². The van der Waals surface area contributed by atoms with E-state index in [2.05, 4.69) is 25.6 Å². The molecule has 1 fully saturated rings. The molecule has 0 aliphatic heterocycles. The van der Waals surface area contributed by atoms with Crippen molar-refractivity contribution in [2.45, 2.75) is 81.8 Å². The molecular weight excluding hydrogens is 202 g/mol. The molecule has 2 N–H and O–H groups in total. The van der Waals surface area contributed by atoms with Crippen LogP contribution in [0.5, 0.6) is 0 Å². The summed E-state index contributed by atoms with van der Waals surface area (Å²) in [4.78, 5) is 0. The average molecular weight is 229 g/mol. The Balaban J connectivity index is 2.30. The Morgan fingerprint density at radius 1 is 1.20 bits per heavy atom. The molecule has 0 aromatic heterocycles. The van der Waals surface area contributed by atoms with E-state index in [0.717, 1.165) is 5.25 Å². The third-order valence-electron chi connectivity index (χ3n) is 3.42. The van der Waals surface area contributed by atoms with Crippen LogP contribution in [0.4, 0.5) is 0 Å². The minimum atomic E-state index is 0.423. The second kappa shape index (κ2) is 7.56. The Bertz CT molecular complexity index is 155. The molecule has 1 saturated carbocycles. The summed E-state index contributed by atoms with van der Waals surface area (Å²) in [7, 11) is 0. The lowest BCUT2D eigenvalue weighted by atomic mass is 10.0.